The number of amides is 2. The maximum absolute atomic E-state index is 13.2. The van der Waals surface area contributed by atoms with Crippen molar-refractivity contribution in [1.29, 1.82) is 0 Å². The van der Waals surface area contributed by atoms with Gasteiger partial charge in [0.1, 0.15) is 0 Å². The van der Waals surface area contributed by atoms with E-state index in [0.717, 1.165) is 5.56 Å². The summed E-state index contributed by atoms with van der Waals surface area (Å²) < 4.78 is 12.4. The molecular weight excluding hydrogens is 432 g/mol. The van der Waals surface area contributed by atoms with Crippen molar-refractivity contribution < 1.29 is 19.1 Å². The summed E-state index contributed by atoms with van der Waals surface area (Å²) in [5, 5.41) is 9.94. The number of carbonyl (C=O) groups excluding carboxylic acids is 2. The lowest BCUT2D eigenvalue weighted by Crippen LogP contribution is -2.27. The van der Waals surface area contributed by atoms with Crippen LogP contribution in [0.5, 0.6) is 11.5 Å². The van der Waals surface area contributed by atoms with E-state index in [1.54, 1.807) is 65.6 Å². The quantitative estimate of drug-likeness (QED) is 0.395. The van der Waals surface area contributed by atoms with Gasteiger partial charge >= 0.3 is 0 Å². The molecule has 0 fully saturated rings. The summed E-state index contributed by atoms with van der Waals surface area (Å²) in [6, 6.07) is 24.6. The fourth-order valence-corrected chi connectivity index (χ4v) is 3.46. The zero-order valence-electron chi connectivity index (χ0n) is 18.5. The molecule has 172 valence electrons. The molecule has 34 heavy (non-hydrogen) atoms. The van der Waals surface area contributed by atoms with Crippen molar-refractivity contribution >= 4 is 23.2 Å². The minimum absolute atomic E-state index is 0.188. The number of nitrogens with one attached hydrogen (secondary N) is 2. The Morgan fingerprint density at radius 3 is 2.29 bits per heavy atom. The second-order valence-electron chi connectivity index (χ2n) is 7.36. The molecule has 0 spiro atoms. The van der Waals surface area contributed by atoms with Crippen LogP contribution in [0.25, 0.3) is 0 Å². The zero-order chi connectivity index (χ0) is 23.8. The van der Waals surface area contributed by atoms with Crippen LogP contribution in [0.4, 0.5) is 11.4 Å². The van der Waals surface area contributed by atoms with Crippen molar-refractivity contribution in [2.75, 3.05) is 24.4 Å². The predicted molar refractivity (Wildman–Crippen MR) is 129 cm³/mol. The van der Waals surface area contributed by atoms with Crippen LogP contribution in [0.15, 0.2) is 97.3 Å². The number of carbonyl (C=O) groups is 2. The number of methoxy groups -OCH3 is 1. The highest BCUT2D eigenvalue weighted by Gasteiger charge is 2.23. The van der Waals surface area contributed by atoms with Crippen LogP contribution < -0.4 is 20.1 Å². The van der Waals surface area contributed by atoms with E-state index < -0.39 is 6.04 Å². The van der Waals surface area contributed by atoms with Crippen LogP contribution in [0.2, 0.25) is 0 Å². The van der Waals surface area contributed by atoms with E-state index in [4.69, 9.17) is 9.47 Å². The van der Waals surface area contributed by atoms with Gasteiger partial charge in [-0.2, -0.15) is 5.10 Å². The molecule has 1 unspecified atom stereocenters. The highest BCUT2D eigenvalue weighted by atomic mass is 16.5. The Balaban J connectivity index is 1.41. The van der Waals surface area contributed by atoms with Crippen LogP contribution in [0, 0.1) is 0 Å². The van der Waals surface area contributed by atoms with Crippen molar-refractivity contribution in [3.63, 3.8) is 0 Å². The highest BCUT2D eigenvalue weighted by Crippen LogP contribution is 2.26. The standard InChI is InChI=1S/C26H24N4O4/c1-33-22-13-5-6-14-23(22)34-18-24(31)28-20-11-7-12-21(17-20)29-26(32)25(30-16-8-15-27-30)19-9-3-2-4-10-19/h2-17,25H,18H2,1H3,(H,28,31)(H,29,32). The molecule has 0 saturated heterocycles. The predicted octanol–water partition coefficient (Wildman–Crippen LogP) is 4.14. The molecule has 8 heteroatoms. The van der Waals surface area contributed by atoms with Crippen molar-refractivity contribution in [3.8, 4) is 11.5 Å². The summed E-state index contributed by atoms with van der Waals surface area (Å²) in [6.07, 6.45) is 3.38. The van der Waals surface area contributed by atoms with Crippen LogP contribution >= 0.6 is 0 Å². The second kappa shape index (κ2) is 10.8. The molecule has 0 aliphatic rings. The third kappa shape index (κ3) is 5.60. The Morgan fingerprint density at radius 2 is 1.59 bits per heavy atom. The topological polar surface area (TPSA) is 94.5 Å². The summed E-state index contributed by atoms with van der Waals surface area (Å²) in [4.78, 5) is 25.6. The summed E-state index contributed by atoms with van der Waals surface area (Å²) in [5.41, 5.74) is 1.88. The van der Waals surface area contributed by atoms with Crippen molar-refractivity contribution in [1.82, 2.24) is 9.78 Å². The number of ether oxygens (including phenoxy) is 2. The first kappa shape index (κ1) is 22.6. The van der Waals surface area contributed by atoms with E-state index in [0.29, 0.717) is 22.9 Å². The number of para-hydroxylation sites is 2. The van der Waals surface area contributed by atoms with Crippen LogP contribution in [-0.4, -0.2) is 35.3 Å². The van der Waals surface area contributed by atoms with Gasteiger partial charge in [-0.25, -0.2) is 0 Å². The van der Waals surface area contributed by atoms with Gasteiger partial charge in [-0.3, -0.25) is 14.3 Å². The smallest absolute Gasteiger partial charge is 0.262 e. The van der Waals surface area contributed by atoms with Crippen LogP contribution in [0.1, 0.15) is 11.6 Å². The summed E-state index contributed by atoms with van der Waals surface area (Å²) in [6.45, 7) is -0.188. The van der Waals surface area contributed by atoms with E-state index in [1.807, 2.05) is 36.4 Å². The lowest BCUT2D eigenvalue weighted by atomic mass is 10.1. The summed E-state index contributed by atoms with van der Waals surface area (Å²) >= 11 is 0. The molecule has 4 rings (SSSR count). The maximum Gasteiger partial charge on any atom is 0.262 e. The first-order valence-electron chi connectivity index (χ1n) is 10.6. The molecule has 2 N–H and O–H groups in total. The molecule has 4 aromatic rings. The van der Waals surface area contributed by atoms with E-state index in [1.165, 1.54) is 7.11 Å². The zero-order valence-corrected chi connectivity index (χ0v) is 18.5. The highest BCUT2D eigenvalue weighted by molar-refractivity contribution is 5.97. The molecule has 0 aliphatic heterocycles. The third-order valence-electron chi connectivity index (χ3n) is 4.99. The molecule has 0 saturated carbocycles. The number of hydrogen-bond acceptors (Lipinski definition) is 5. The Bertz CT molecular complexity index is 1240. The third-order valence-corrected chi connectivity index (χ3v) is 4.99. The van der Waals surface area contributed by atoms with Crippen molar-refractivity contribution in [2.24, 2.45) is 0 Å². The van der Waals surface area contributed by atoms with Gasteiger partial charge in [0.25, 0.3) is 11.8 Å². The Labute approximate surface area is 197 Å². The van der Waals surface area contributed by atoms with Gasteiger partial charge in [-0.15, -0.1) is 0 Å². The molecule has 0 radical (unpaired) electrons. The molecule has 8 nitrogen and oxygen atoms in total. The lowest BCUT2D eigenvalue weighted by molar-refractivity contribution is -0.119. The van der Waals surface area contributed by atoms with Gasteiger partial charge in [-0.1, -0.05) is 48.5 Å². The fourth-order valence-electron chi connectivity index (χ4n) is 3.46. The van der Waals surface area contributed by atoms with E-state index >= 15 is 0 Å². The number of benzene rings is 3. The van der Waals surface area contributed by atoms with E-state index in [-0.39, 0.29) is 18.4 Å². The number of hydrogen-bond donors (Lipinski definition) is 2. The minimum Gasteiger partial charge on any atom is -0.493 e. The van der Waals surface area contributed by atoms with Crippen molar-refractivity contribution in [3.05, 3.63) is 103 Å². The van der Waals surface area contributed by atoms with Crippen molar-refractivity contribution in [2.45, 2.75) is 6.04 Å². The number of rotatable bonds is 9. The summed E-state index contributed by atoms with van der Waals surface area (Å²) in [7, 11) is 1.54. The molecular formula is C26H24N4O4. The van der Waals surface area contributed by atoms with Gasteiger partial charge in [0, 0.05) is 23.8 Å². The maximum atomic E-state index is 13.2. The molecule has 3 aromatic carbocycles. The Kier molecular flexibility index (Phi) is 7.19. The Morgan fingerprint density at radius 1 is 0.882 bits per heavy atom. The molecule has 2 amide bonds. The molecule has 1 aromatic heterocycles. The lowest BCUT2D eigenvalue weighted by Gasteiger charge is -2.18. The van der Waals surface area contributed by atoms with E-state index in [2.05, 4.69) is 15.7 Å². The van der Waals surface area contributed by atoms with Gasteiger partial charge < -0.3 is 20.1 Å². The van der Waals surface area contributed by atoms with Gasteiger partial charge in [0.05, 0.1) is 7.11 Å². The first-order chi connectivity index (χ1) is 16.6. The summed E-state index contributed by atoms with van der Waals surface area (Å²) in [5.74, 6) is 0.433. The number of aromatic nitrogens is 2. The molecule has 0 bridgehead atoms. The SMILES string of the molecule is COc1ccccc1OCC(=O)Nc1cccc(NC(=O)C(c2ccccc2)n2cccn2)c1. The number of nitrogens with zero attached hydrogens (tertiary/aromatic N) is 2. The molecule has 1 heterocycles. The van der Waals surface area contributed by atoms with E-state index in [9.17, 15) is 9.59 Å². The monoisotopic (exact) mass is 456 g/mol. The largest absolute Gasteiger partial charge is 0.493 e. The average molecular weight is 457 g/mol. The average Bonchev–Trinajstić information content (AvgIpc) is 3.38. The Hall–Kier alpha value is -4.59. The van der Waals surface area contributed by atoms with Crippen LogP contribution in [0.3, 0.4) is 0 Å². The van der Waals surface area contributed by atoms with Gasteiger partial charge in [0.15, 0.2) is 24.1 Å². The van der Waals surface area contributed by atoms with Gasteiger partial charge in [0.2, 0.25) is 0 Å². The van der Waals surface area contributed by atoms with Gasteiger partial charge in [-0.05, 0) is 42.0 Å². The molecule has 0 aliphatic carbocycles. The number of anilines is 2. The fraction of sp³-hybridized carbons (Fsp3) is 0.115. The minimum atomic E-state index is -0.635. The molecule has 1 atom stereocenters. The van der Waals surface area contributed by atoms with Crippen LogP contribution in [-0.2, 0) is 9.59 Å². The normalized spacial score (nSPS) is 11.3. The first-order valence-corrected chi connectivity index (χ1v) is 10.6. The second-order valence-corrected chi connectivity index (χ2v) is 7.36.